The molecule has 0 fully saturated rings. The molecular formula is C11H19ClN2. The number of hydrogen-bond acceptors (Lipinski definition) is 1. The van der Waals surface area contributed by atoms with E-state index in [2.05, 4.69) is 30.6 Å². The molecule has 14 heavy (non-hydrogen) atoms. The highest BCUT2D eigenvalue weighted by molar-refractivity contribution is 6.17. The Morgan fingerprint density at radius 1 is 1.29 bits per heavy atom. The zero-order valence-electron chi connectivity index (χ0n) is 9.31. The minimum absolute atomic E-state index is 0.750. The minimum Gasteiger partial charge on any atom is -0.269 e. The van der Waals surface area contributed by atoms with Crippen LogP contribution in [0.1, 0.15) is 36.7 Å². The molecule has 0 atom stereocenters. The third-order valence-corrected chi connectivity index (χ3v) is 2.91. The van der Waals surface area contributed by atoms with Gasteiger partial charge in [0.1, 0.15) is 0 Å². The molecule has 0 aromatic carbocycles. The van der Waals surface area contributed by atoms with Crippen LogP contribution in [-0.2, 0) is 13.0 Å². The van der Waals surface area contributed by atoms with Crippen LogP contribution in [0, 0.1) is 13.8 Å². The Labute approximate surface area is 91.3 Å². The number of hydrogen-bond donors (Lipinski definition) is 0. The first-order valence-corrected chi connectivity index (χ1v) is 5.83. The molecule has 0 aliphatic heterocycles. The monoisotopic (exact) mass is 214 g/mol. The molecule has 0 aliphatic rings. The van der Waals surface area contributed by atoms with E-state index in [1.165, 1.54) is 17.0 Å². The third kappa shape index (κ3) is 2.50. The van der Waals surface area contributed by atoms with Gasteiger partial charge in [-0.05, 0) is 38.7 Å². The van der Waals surface area contributed by atoms with Gasteiger partial charge in [0.05, 0.1) is 5.69 Å². The first-order valence-electron chi connectivity index (χ1n) is 5.29. The zero-order valence-corrected chi connectivity index (χ0v) is 10.1. The van der Waals surface area contributed by atoms with E-state index >= 15 is 0 Å². The molecule has 1 rings (SSSR count). The maximum absolute atomic E-state index is 5.64. The number of halogens is 1. The lowest BCUT2D eigenvalue weighted by Crippen LogP contribution is -2.03. The van der Waals surface area contributed by atoms with E-state index in [1.54, 1.807) is 0 Å². The van der Waals surface area contributed by atoms with Crippen molar-refractivity contribution in [1.82, 2.24) is 9.78 Å². The van der Waals surface area contributed by atoms with E-state index in [9.17, 15) is 0 Å². The fraction of sp³-hybridized carbons (Fsp3) is 0.727. The van der Waals surface area contributed by atoms with Crippen LogP contribution < -0.4 is 0 Å². The van der Waals surface area contributed by atoms with E-state index in [-0.39, 0.29) is 0 Å². The molecule has 0 bridgehead atoms. The number of nitrogens with zero attached hydrogens (tertiary/aromatic N) is 2. The summed E-state index contributed by atoms with van der Waals surface area (Å²) >= 11 is 5.64. The Kier molecular flexibility index (Phi) is 4.46. The number of rotatable bonds is 5. The molecular weight excluding hydrogens is 196 g/mol. The van der Waals surface area contributed by atoms with E-state index in [1.807, 2.05) is 0 Å². The molecule has 0 radical (unpaired) electrons. The Morgan fingerprint density at radius 2 is 2.00 bits per heavy atom. The van der Waals surface area contributed by atoms with Crippen molar-refractivity contribution in [3.8, 4) is 0 Å². The number of aromatic nitrogens is 2. The molecule has 0 amide bonds. The number of unbranched alkanes of at least 4 members (excludes halogenated alkanes) is 1. The van der Waals surface area contributed by atoms with Crippen molar-refractivity contribution in [1.29, 1.82) is 0 Å². The van der Waals surface area contributed by atoms with Gasteiger partial charge < -0.3 is 0 Å². The summed E-state index contributed by atoms with van der Waals surface area (Å²) < 4.78 is 2.11. The average molecular weight is 215 g/mol. The number of aryl methyl sites for hydroxylation is 2. The largest absolute Gasteiger partial charge is 0.269 e. The highest BCUT2D eigenvalue weighted by atomic mass is 35.5. The van der Waals surface area contributed by atoms with Crippen LogP contribution in [0.15, 0.2) is 0 Å². The fourth-order valence-electron chi connectivity index (χ4n) is 1.82. The summed E-state index contributed by atoms with van der Waals surface area (Å²) in [7, 11) is 0. The van der Waals surface area contributed by atoms with E-state index in [4.69, 9.17) is 11.6 Å². The van der Waals surface area contributed by atoms with Crippen LogP contribution in [0.25, 0.3) is 0 Å². The summed E-state index contributed by atoms with van der Waals surface area (Å²) in [6.45, 7) is 7.42. The molecule has 3 heteroatoms. The van der Waals surface area contributed by atoms with E-state index in [0.29, 0.717) is 0 Å². The SMILES string of the molecule is CCc1c(C)nn(CCCCCl)c1C. The van der Waals surface area contributed by atoms with Crippen LogP contribution >= 0.6 is 11.6 Å². The molecule has 0 unspecified atom stereocenters. The summed E-state index contributed by atoms with van der Waals surface area (Å²) in [6.07, 6.45) is 3.27. The smallest absolute Gasteiger partial charge is 0.0628 e. The van der Waals surface area contributed by atoms with Crippen LogP contribution in [-0.4, -0.2) is 15.7 Å². The van der Waals surface area contributed by atoms with Crippen LogP contribution in [0.5, 0.6) is 0 Å². The lowest BCUT2D eigenvalue weighted by atomic mass is 10.1. The molecule has 0 saturated heterocycles. The second kappa shape index (κ2) is 5.40. The van der Waals surface area contributed by atoms with Crippen LogP contribution in [0.2, 0.25) is 0 Å². The summed E-state index contributed by atoms with van der Waals surface area (Å²) in [6, 6.07) is 0. The zero-order chi connectivity index (χ0) is 10.6. The number of alkyl halides is 1. The van der Waals surface area contributed by atoms with Gasteiger partial charge in [-0.25, -0.2) is 0 Å². The minimum atomic E-state index is 0.750. The Morgan fingerprint density at radius 3 is 2.50 bits per heavy atom. The van der Waals surface area contributed by atoms with Gasteiger partial charge in [0.15, 0.2) is 0 Å². The Bertz CT molecular complexity index is 292. The standard InChI is InChI=1S/C11H19ClN2/c1-4-11-9(2)13-14(10(11)3)8-6-5-7-12/h4-8H2,1-3H3. The second-order valence-electron chi connectivity index (χ2n) is 3.62. The van der Waals surface area contributed by atoms with Gasteiger partial charge in [-0.3, -0.25) is 4.68 Å². The molecule has 1 aromatic heterocycles. The molecule has 1 aromatic rings. The van der Waals surface area contributed by atoms with Crippen molar-refractivity contribution in [2.24, 2.45) is 0 Å². The van der Waals surface area contributed by atoms with Crippen molar-refractivity contribution in [2.45, 2.75) is 46.6 Å². The first-order chi connectivity index (χ1) is 6.70. The van der Waals surface area contributed by atoms with Crippen LogP contribution in [0.4, 0.5) is 0 Å². The highest BCUT2D eigenvalue weighted by Gasteiger charge is 2.08. The van der Waals surface area contributed by atoms with Gasteiger partial charge >= 0.3 is 0 Å². The molecule has 80 valence electrons. The normalized spacial score (nSPS) is 10.9. The predicted octanol–water partition coefficient (Wildman–Crippen LogP) is 3.08. The summed E-state index contributed by atoms with van der Waals surface area (Å²) in [5.74, 6) is 0.750. The molecule has 0 aliphatic carbocycles. The van der Waals surface area contributed by atoms with Crippen molar-refractivity contribution in [3.63, 3.8) is 0 Å². The quantitative estimate of drug-likeness (QED) is 0.544. The molecule has 1 heterocycles. The predicted molar refractivity (Wildman–Crippen MR) is 61.0 cm³/mol. The van der Waals surface area contributed by atoms with Crippen molar-refractivity contribution >= 4 is 11.6 Å². The Hall–Kier alpha value is -0.500. The lowest BCUT2D eigenvalue weighted by Gasteiger charge is -2.03. The first kappa shape index (κ1) is 11.6. The van der Waals surface area contributed by atoms with Gasteiger partial charge in [0.2, 0.25) is 0 Å². The van der Waals surface area contributed by atoms with Gasteiger partial charge in [-0.1, -0.05) is 6.92 Å². The molecule has 2 nitrogen and oxygen atoms in total. The molecule has 0 N–H and O–H groups in total. The third-order valence-electron chi connectivity index (χ3n) is 2.64. The lowest BCUT2D eigenvalue weighted by molar-refractivity contribution is 0.556. The fourth-order valence-corrected chi connectivity index (χ4v) is 2.01. The maximum Gasteiger partial charge on any atom is 0.0628 e. The molecule has 0 saturated carbocycles. The average Bonchev–Trinajstić information content (AvgIpc) is 2.42. The summed E-state index contributed by atoms with van der Waals surface area (Å²) in [4.78, 5) is 0. The van der Waals surface area contributed by atoms with Crippen molar-refractivity contribution < 1.29 is 0 Å². The van der Waals surface area contributed by atoms with Crippen LogP contribution in [0.3, 0.4) is 0 Å². The summed E-state index contributed by atoms with van der Waals surface area (Å²) in [5.41, 5.74) is 3.89. The van der Waals surface area contributed by atoms with Gasteiger partial charge in [-0.2, -0.15) is 5.10 Å². The van der Waals surface area contributed by atoms with E-state index in [0.717, 1.165) is 31.7 Å². The van der Waals surface area contributed by atoms with Gasteiger partial charge in [0.25, 0.3) is 0 Å². The topological polar surface area (TPSA) is 17.8 Å². The van der Waals surface area contributed by atoms with Crippen molar-refractivity contribution in [3.05, 3.63) is 17.0 Å². The van der Waals surface area contributed by atoms with E-state index < -0.39 is 0 Å². The Balaban J connectivity index is 2.68. The van der Waals surface area contributed by atoms with Gasteiger partial charge in [-0.15, -0.1) is 11.6 Å². The highest BCUT2D eigenvalue weighted by Crippen LogP contribution is 2.14. The summed E-state index contributed by atoms with van der Waals surface area (Å²) in [5, 5.41) is 4.53. The molecule has 0 spiro atoms. The van der Waals surface area contributed by atoms with Crippen molar-refractivity contribution in [2.75, 3.05) is 5.88 Å². The van der Waals surface area contributed by atoms with Gasteiger partial charge in [0, 0.05) is 18.1 Å². The maximum atomic E-state index is 5.64. The second-order valence-corrected chi connectivity index (χ2v) is 4.00.